The maximum atomic E-state index is 11.0. The van der Waals surface area contributed by atoms with Crippen LogP contribution in [0.1, 0.15) is 11.4 Å². The molecule has 2 unspecified atom stereocenters. The molecular formula is C24H20Cl2N6O9. The van der Waals surface area contributed by atoms with Gasteiger partial charge in [-0.2, -0.15) is 0 Å². The van der Waals surface area contributed by atoms with Gasteiger partial charge in [-0.25, -0.2) is 9.97 Å². The van der Waals surface area contributed by atoms with Gasteiger partial charge in [-0.05, 0) is 43.3 Å². The van der Waals surface area contributed by atoms with Crippen LogP contribution in [0.15, 0.2) is 61.2 Å². The van der Waals surface area contributed by atoms with Crippen molar-refractivity contribution in [2.24, 2.45) is 0 Å². The lowest BCUT2D eigenvalue weighted by Crippen LogP contribution is -2.34. The molecule has 1 aliphatic rings. The predicted molar refractivity (Wildman–Crippen MR) is 140 cm³/mol. The third-order valence-corrected chi connectivity index (χ3v) is 6.52. The van der Waals surface area contributed by atoms with Gasteiger partial charge in [0.15, 0.2) is 0 Å². The van der Waals surface area contributed by atoms with Gasteiger partial charge in [0.1, 0.15) is 24.3 Å². The Morgan fingerprint density at radius 1 is 1.12 bits per heavy atom. The third-order valence-electron chi connectivity index (χ3n) is 5.98. The highest BCUT2D eigenvalue weighted by Gasteiger charge is 2.45. The van der Waals surface area contributed by atoms with Crippen LogP contribution in [0.5, 0.6) is 17.5 Å². The molecule has 1 fully saturated rings. The highest BCUT2D eigenvalue weighted by atomic mass is 35.5. The summed E-state index contributed by atoms with van der Waals surface area (Å²) >= 11 is 12.6. The van der Waals surface area contributed by atoms with Crippen LogP contribution in [-0.2, 0) is 21.8 Å². The van der Waals surface area contributed by atoms with Crippen molar-refractivity contribution in [3.63, 3.8) is 0 Å². The minimum absolute atomic E-state index is 0.122. The molecule has 17 heteroatoms. The topological polar surface area (TPSA) is 168 Å². The van der Waals surface area contributed by atoms with Crippen molar-refractivity contribution in [1.82, 2.24) is 19.1 Å². The van der Waals surface area contributed by atoms with Crippen molar-refractivity contribution in [2.45, 2.75) is 25.4 Å². The molecule has 2 aromatic heterocycles. The standard InChI is InChI=1S/C24H20Cl2N6O9/c1-15-28-22(40-31(33)34)23(41-32(35)36)30(15)17-3-5-18(6-4-17)37-11-19-12-38-24(39-19,13-29-9-8-27-14-29)20-7-2-16(25)10-21(20)26/h2-10,14,19H,11-13H2,1H3. The summed E-state index contributed by atoms with van der Waals surface area (Å²) in [5.74, 6) is -1.84. The maximum Gasteiger partial charge on any atom is 0.301 e. The predicted octanol–water partition coefficient (Wildman–Crippen LogP) is 4.17. The number of hydrogen-bond donors (Lipinski definition) is 0. The molecule has 1 saturated heterocycles. The van der Waals surface area contributed by atoms with Gasteiger partial charge in [-0.1, -0.05) is 29.3 Å². The molecule has 15 nitrogen and oxygen atoms in total. The molecule has 214 valence electrons. The quantitative estimate of drug-likeness (QED) is 0.177. The van der Waals surface area contributed by atoms with E-state index >= 15 is 0 Å². The van der Waals surface area contributed by atoms with E-state index in [4.69, 9.17) is 37.4 Å². The molecule has 3 heterocycles. The Morgan fingerprint density at radius 3 is 2.54 bits per heavy atom. The van der Waals surface area contributed by atoms with Gasteiger partial charge in [0.05, 0.1) is 24.5 Å². The lowest BCUT2D eigenvalue weighted by atomic mass is 10.1. The number of ether oxygens (including phenoxy) is 3. The average molecular weight is 607 g/mol. The van der Waals surface area contributed by atoms with E-state index in [1.807, 2.05) is 4.57 Å². The molecule has 0 N–H and O–H groups in total. The van der Waals surface area contributed by atoms with Crippen LogP contribution < -0.4 is 14.4 Å². The van der Waals surface area contributed by atoms with Crippen molar-refractivity contribution in [3.8, 4) is 23.2 Å². The summed E-state index contributed by atoms with van der Waals surface area (Å²) in [5.41, 5.74) is 0.961. The molecule has 5 rings (SSSR count). The maximum absolute atomic E-state index is 11.0. The fourth-order valence-electron chi connectivity index (χ4n) is 4.33. The van der Waals surface area contributed by atoms with Crippen LogP contribution in [0.4, 0.5) is 0 Å². The molecule has 2 atom stereocenters. The third kappa shape index (κ3) is 6.17. The number of nitrogens with zero attached hydrogens (tertiary/aromatic N) is 6. The molecule has 1 aliphatic heterocycles. The summed E-state index contributed by atoms with van der Waals surface area (Å²) in [6, 6.07) is 11.4. The van der Waals surface area contributed by atoms with Gasteiger partial charge in [-0.15, -0.1) is 20.2 Å². The van der Waals surface area contributed by atoms with Crippen LogP contribution in [0.2, 0.25) is 10.0 Å². The fourth-order valence-corrected chi connectivity index (χ4v) is 4.88. The van der Waals surface area contributed by atoms with E-state index in [-0.39, 0.29) is 25.6 Å². The smallest absolute Gasteiger partial charge is 0.301 e. The summed E-state index contributed by atoms with van der Waals surface area (Å²) in [4.78, 5) is 38.5. The normalized spacial score (nSPS) is 18.3. The van der Waals surface area contributed by atoms with Crippen molar-refractivity contribution in [3.05, 3.63) is 103 Å². The van der Waals surface area contributed by atoms with Gasteiger partial charge in [-0.3, -0.25) is 14.2 Å². The van der Waals surface area contributed by atoms with Crippen LogP contribution in [0.25, 0.3) is 5.69 Å². The SMILES string of the molecule is Cc1nc(O[N+](=O)[O-])c(O[N+](=O)[O-])n1-c1ccc(OCC2COC(Cn3ccnc3)(c3ccc(Cl)cc3Cl)O2)cc1. The lowest BCUT2D eigenvalue weighted by molar-refractivity contribution is -0.723. The molecule has 0 radical (unpaired) electrons. The molecule has 4 aromatic rings. The molecule has 0 amide bonds. The summed E-state index contributed by atoms with van der Waals surface area (Å²) < 4.78 is 21.5. The van der Waals surface area contributed by atoms with Gasteiger partial charge in [0.25, 0.3) is 5.88 Å². The van der Waals surface area contributed by atoms with E-state index in [0.717, 1.165) is 0 Å². The minimum atomic E-state index is -1.21. The molecule has 0 aliphatic carbocycles. The van der Waals surface area contributed by atoms with Crippen molar-refractivity contribution < 1.29 is 34.1 Å². The van der Waals surface area contributed by atoms with E-state index in [1.54, 1.807) is 61.2 Å². The molecule has 41 heavy (non-hydrogen) atoms. The first-order valence-electron chi connectivity index (χ1n) is 11.8. The average Bonchev–Trinajstić information content (AvgIpc) is 3.63. The van der Waals surface area contributed by atoms with E-state index in [1.165, 1.54) is 11.5 Å². The first-order chi connectivity index (χ1) is 19.6. The van der Waals surface area contributed by atoms with Gasteiger partial charge in [0.2, 0.25) is 11.7 Å². The van der Waals surface area contributed by atoms with Crippen LogP contribution in [0, 0.1) is 27.2 Å². The molecule has 0 saturated carbocycles. The number of hydrogen-bond acceptors (Lipinski definition) is 11. The van der Waals surface area contributed by atoms with E-state index in [2.05, 4.69) is 19.6 Å². The van der Waals surface area contributed by atoms with E-state index in [9.17, 15) is 20.2 Å². The van der Waals surface area contributed by atoms with Crippen molar-refractivity contribution in [1.29, 1.82) is 0 Å². The Labute approximate surface area is 240 Å². The number of halogens is 2. The van der Waals surface area contributed by atoms with Gasteiger partial charge < -0.3 is 18.8 Å². The molecule has 0 bridgehead atoms. The van der Waals surface area contributed by atoms with E-state index < -0.39 is 33.8 Å². The highest BCUT2D eigenvalue weighted by Crippen LogP contribution is 2.40. The zero-order chi connectivity index (χ0) is 29.1. The number of imidazole rings is 2. The molecule has 0 spiro atoms. The second kappa shape index (κ2) is 11.6. The Morgan fingerprint density at radius 2 is 1.88 bits per heavy atom. The lowest BCUT2D eigenvalue weighted by Gasteiger charge is -2.30. The zero-order valence-corrected chi connectivity index (χ0v) is 22.6. The number of benzene rings is 2. The fraction of sp³-hybridized carbons (Fsp3) is 0.250. The summed E-state index contributed by atoms with van der Waals surface area (Å²) in [5, 5.41) is 20.4. The number of aryl methyl sites for hydroxylation is 1. The Hall–Kier alpha value is -4.44. The minimum Gasteiger partial charge on any atom is -0.491 e. The number of aromatic nitrogens is 4. The monoisotopic (exact) mass is 606 g/mol. The first-order valence-corrected chi connectivity index (χ1v) is 12.6. The first kappa shape index (κ1) is 28.1. The number of rotatable bonds is 11. The van der Waals surface area contributed by atoms with Crippen molar-refractivity contribution in [2.75, 3.05) is 13.2 Å². The van der Waals surface area contributed by atoms with Gasteiger partial charge >= 0.3 is 10.2 Å². The summed E-state index contributed by atoms with van der Waals surface area (Å²) in [6.07, 6.45) is 4.59. The van der Waals surface area contributed by atoms with E-state index in [0.29, 0.717) is 27.0 Å². The summed E-state index contributed by atoms with van der Waals surface area (Å²) in [6.45, 7) is 2.09. The largest absolute Gasteiger partial charge is 0.491 e. The van der Waals surface area contributed by atoms with Crippen molar-refractivity contribution >= 4 is 23.2 Å². The van der Waals surface area contributed by atoms with Crippen LogP contribution in [0.3, 0.4) is 0 Å². The zero-order valence-electron chi connectivity index (χ0n) is 21.1. The Balaban J connectivity index is 1.31. The second-order valence-corrected chi connectivity index (χ2v) is 9.55. The van der Waals surface area contributed by atoms with Gasteiger partial charge in [0, 0.05) is 28.7 Å². The molecular weight excluding hydrogens is 587 g/mol. The highest BCUT2D eigenvalue weighted by molar-refractivity contribution is 6.35. The Bertz CT molecular complexity index is 1560. The Kier molecular flexibility index (Phi) is 7.94. The van der Waals surface area contributed by atoms with Crippen LogP contribution >= 0.6 is 23.2 Å². The molecule has 2 aromatic carbocycles. The summed E-state index contributed by atoms with van der Waals surface area (Å²) in [7, 11) is 0. The second-order valence-electron chi connectivity index (χ2n) is 8.70. The van der Waals surface area contributed by atoms with Crippen LogP contribution in [-0.4, -0.2) is 48.6 Å².